The zero-order chi connectivity index (χ0) is 18.5. The molecular formula is C20H23N3O2S. The lowest BCUT2D eigenvalue weighted by atomic mass is 10.2. The van der Waals surface area contributed by atoms with E-state index in [4.69, 9.17) is 4.42 Å². The number of aryl methyl sites for hydroxylation is 1. The summed E-state index contributed by atoms with van der Waals surface area (Å²) in [5.74, 6) is 1.18. The third-order valence-electron chi connectivity index (χ3n) is 4.23. The molecular weight excluding hydrogens is 346 g/mol. The van der Waals surface area contributed by atoms with Gasteiger partial charge in [-0.2, -0.15) is 0 Å². The molecule has 2 heterocycles. The molecule has 0 saturated heterocycles. The molecule has 0 bridgehead atoms. The minimum absolute atomic E-state index is 0.0515. The van der Waals surface area contributed by atoms with Crippen LogP contribution in [-0.4, -0.2) is 36.4 Å². The fourth-order valence-corrected chi connectivity index (χ4v) is 3.66. The first kappa shape index (κ1) is 18.4. The van der Waals surface area contributed by atoms with Gasteiger partial charge in [0.1, 0.15) is 5.76 Å². The van der Waals surface area contributed by atoms with Crippen LogP contribution in [0.1, 0.15) is 22.4 Å². The highest BCUT2D eigenvalue weighted by Gasteiger charge is 2.18. The number of nitrogens with one attached hydrogen (secondary N) is 1. The maximum atomic E-state index is 12.4. The van der Waals surface area contributed by atoms with Crippen LogP contribution in [0.25, 0.3) is 11.5 Å². The first-order chi connectivity index (χ1) is 12.5. The molecule has 0 fully saturated rings. The predicted octanol–water partition coefficient (Wildman–Crippen LogP) is 3.67. The van der Waals surface area contributed by atoms with Gasteiger partial charge in [0.15, 0.2) is 0 Å². The highest BCUT2D eigenvalue weighted by atomic mass is 32.1. The van der Waals surface area contributed by atoms with Crippen LogP contribution in [-0.2, 0) is 11.2 Å². The molecule has 0 aliphatic rings. The van der Waals surface area contributed by atoms with Crippen LogP contribution in [0.15, 0.2) is 52.3 Å². The quantitative estimate of drug-likeness (QED) is 0.690. The number of benzene rings is 1. The van der Waals surface area contributed by atoms with Crippen molar-refractivity contribution in [2.75, 3.05) is 20.6 Å². The van der Waals surface area contributed by atoms with Crippen LogP contribution in [0.5, 0.6) is 0 Å². The van der Waals surface area contributed by atoms with Crippen molar-refractivity contribution in [1.29, 1.82) is 0 Å². The van der Waals surface area contributed by atoms with E-state index in [-0.39, 0.29) is 18.4 Å². The van der Waals surface area contributed by atoms with Crippen molar-refractivity contribution < 1.29 is 9.21 Å². The second-order valence-corrected chi connectivity index (χ2v) is 7.34. The zero-order valence-corrected chi connectivity index (χ0v) is 16.0. The highest BCUT2D eigenvalue weighted by Crippen LogP contribution is 2.23. The lowest BCUT2D eigenvalue weighted by Crippen LogP contribution is -2.35. The van der Waals surface area contributed by atoms with Crippen molar-refractivity contribution in [2.45, 2.75) is 19.4 Å². The molecule has 3 aromatic rings. The van der Waals surface area contributed by atoms with Gasteiger partial charge in [0.05, 0.1) is 18.2 Å². The molecule has 0 unspecified atom stereocenters. The molecule has 5 nitrogen and oxygen atoms in total. The van der Waals surface area contributed by atoms with Crippen LogP contribution < -0.4 is 5.32 Å². The van der Waals surface area contributed by atoms with Crippen molar-refractivity contribution in [2.24, 2.45) is 0 Å². The number of oxazole rings is 1. The van der Waals surface area contributed by atoms with Crippen molar-refractivity contribution in [3.8, 4) is 11.5 Å². The molecule has 0 aliphatic heterocycles. The van der Waals surface area contributed by atoms with E-state index in [0.717, 1.165) is 5.56 Å². The monoisotopic (exact) mass is 369 g/mol. The van der Waals surface area contributed by atoms with Gasteiger partial charge in [0.25, 0.3) is 0 Å². The average Bonchev–Trinajstić information content (AvgIpc) is 3.26. The third kappa shape index (κ3) is 4.39. The highest BCUT2D eigenvalue weighted by molar-refractivity contribution is 7.10. The maximum absolute atomic E-state index is 12.4. The number of hydrogen-bond donors (Lipinski definition) is 1. The summed E-state index contributed by atoms with van der Waals surface area (Å²) < 4.78 is 5.73. The summed E-state index contributed by atoms with van der Waals surface area (Å²) in [7, 11) is 4.04. The van der Waals surface area contributed by atoms with Gasteiger partial charge in [-0.25, -0.2) is 4.98 Å². The number of carbonyl (C=O) groups excluding carboxylic acids is 1. The standard InChI is InChI=1S/C20H23N3O2S/c1-14-16(22-20(25-14)15-8-5-4-6-9-15)12-19(24)21-13-17(23(2)3)18-10-7-11-26-18/h4-11,17H,12-13H2,1-3H3,(H,21,24)/t17-/m1/s1. The van der Waals surface area contributed by atoms with Gasteiger partial charge in [-0.05, 0) is 44.6 Å². The van der Waals surface area contributed by atoms with Crippen LogP contribution in [0.3, 0.4) is 0 Å². The molecule has 0 radical (unpaired) electrons. The molecule has 136 valence electrons. The topological polar surface area (TPSA) is 58.4 Å². The largest absolute Gasteiger partial charge is 0.441 e. The van der Waals surface area contributed by atoms with Gasteiger partial charge in [0, 0.05) is 17.0 Å². The Morgan fingerprint density at radius 3 is 2.65 bits per heavy atom. The number of hydrogen-bond acceptors (Lipinski definition) is 5. The van der Waals surface area contributed by atoms with E-state index in [1.807, 2.05) is 57.4 Å². The van der Waals surface area contributed by atoms with Gasteiger partial charge in [-0.15, -0.1) is 11.3 Å². The van der Waals surface area contributed by atoms with E-state index in [0.29, 0.717) is 23.9 Å². The number of aromatic nitrogens is 1. The maximum Gasteiger partial charge on any atom is 0.226 e. The SMILES string of the molecule is Cc1oc(-c2ccccc2)nc1CC(=O)NC[C@H](c1cccs1)N(C)C. The van der Waals surface area contributed by atoms with E-state index in [2.05, 4.69) is 26.6 Å². The smallest absolute Gasteiger partial charge is 0.226 e. The van der Waals surface area contributed by atoms with E-state index < -0.39 is 0 Å². The minimum atomic E-state index is -0.0515. The normalized spacial score (nSPS) is 12.3. The molecule has 1 aromatic carbocycles. The van der Waals surface area contributed by atoms with Crippen LogP contribution in [0, 0.1) is 6.92 Å². The first-order valence-electron chi connectivity index (χ1n) is 8.53. The summed E-state index contributed by atoms with van der Waals surface area (Å²) in [5, 5.41) is 5.07. The Morgan fingerprint density at radius 1 is 1.23 bits per heavy atom. The second-order valence-electron chi connectivity index (χ2n) is 6.36. The summed E-state index contributed by atoms with van der Waals surface area (Å²) in [5.41, 5.74) is 1.59. The number of likely N-dealkylation sites (N-methyl/N-ethyl adjacent to an activating group) is 1. The van der Waals surface area contributed by atoms with Gasteiger partial charge in [-0.1, -0.05) is 24.3 Å². The number of rotatable bonds is 7. The fraction of sp³-hybridized carbons (Fsp3) is 0.300. The summed E-state index contributed by atoms with van der Waals surface area (Å²) in [6.07, 6.45) is 0.215. The summed E-state index contributed by atoms with van der Waals surface area (Å²) in [6, 6.07) is 14.0. The Labute approximate surface area is 157 Å². The van der Waals surface area contributed by atoms with E-state index >= 15 is 0 Å². The van der Waals surface area contributed by atoms with Gasteiger partial charge >= 0.3 is 0 Å². The van der Waals surface area contributed by atoms with Gasteiger partial charge in [0.2, 0.25) is 11.8 Å². The summed E-state index contributed by atoms with van der Waals surface area (Å²) in [4.78, 5) is 20.2. The van der Waals surface area contributed by atoms with E-state index in [1.54, 1.807) is 11.3 Å². The summed E-state index contributed by atoms with van der Waals surface area (Å²) >= 11 is 1.70. The predicted molar refractivity (Wildman–Crippen MR) is 104 cm³/mol. The molecule has 0 spiro atoms. The molecule has 0 aliphatic carbocycles. The first-order valence-corrected chi connectivity index (χ1v) is 9.41. The molecule has 1 atom stereocenters. The Bertz CT molecular complexity index is 841. The Morgan fingerprint density at radius 2 is 2.00 bits per heavy atom. The number of carbonyl (C=O) groups is 1. The summed E-state index contributed by atoms with van der Waals surface area (Å²) in [6.45, 7) is 2.41. The number of amides is 1. The minimum Gasteiger partial charge on any atom is -0.441 e. The van der Waals surface area contributed by atoms with Crippen LogP contribution >= 0.6 is 11.3 Å². The lowest BCUT2D eigenvalue weighted by Gasteiger charge is -2.23. The van der Waals surface area contributed by atoms with Crippen molar-refractivity contribution in [3.05, 3.63) is 64.2 Å². The lowest BCUT2D eigenvalue weighted by molar-refractivity contribution is -0.120. The van der Waals surface area contributed by atoms with Crippen molar-refractivity contribution >= 4 is 17.2 Å². The number of thiophene rings is 1. The molecule has 3 rings (SSSR count). The Kier molecular flexibility index (Phi) is 5.85. The van der Waals surface area contributed by atoms with Gasteiger partial charge in [-0.3, -0.25) is 4.79 Å². The molecule has 1 amide bonds. The molecule has 6 heteroatoms. The average molecular weight is 369 g/mol. The molecule has 0 saturated carbocycles. The number of nitrogens with zero attached hydrogens (tertiary/aromatic N) is 2. The van der Waals surface area contributed by atoms with Crippen LogP contribution in [0.2, 0.25) is 0 Å². The zero-order valence-electron chi connectivity index (χ0n) is 15.2. The Hall–Kier alpha value is -2.44. The fourth-order valence-electron chi connectivity index (χ4n) is 2.74. The van der Waals surface area contributed by atoms with Crippen LogP contribution in [0.4, 0.5) is 0 Å². The Balaban J connectivity index is 1.62. The van der Waals surface area contributed by atoms with Gasteiger partial charge < -0.3 is 14.6 Å². The molecule has 1 N–H and O–H groups in total. The third-order valence-corrected chi connectivity index (χ3v) is 5.20. The molecule has 26 heavy (non-hydrogen) atoms. The van der Waals surface area contributed by atoms with Crippen molar-refractivity contribution in [1.82, 2.24) is 15.2 Å². The molecule has 2 aromatic heterocycles. The second kappa shape index (κ2) is 8.29. The van der Waals surface area contributed by atoms with Crippen molar-refractivity contribution in [3.63, 3.8) is 0 Å². The van der Waals surface area contributed by atoms with E-state index in [9.17, 15) is 4.79 Å². The van der Waals surface area contributed by atoms with E-state index in [1.165, 1.54) is 4.88 Å².